The predicted molar refractivity (Wildman–Crippen MR) is 55.9 cm³/mol. The van der Waals surface area contributed by atoms with E-state index in [1.807, 2.05) is 0 Å². The molecule has 2 aliphatic rings. The molecule has 1 N–H and O–H groups in total. The Morgan fingerprint density at radius 2 is 2.06 bits per heavy atom. The summed E-state index contributed by atoms with van der Waals surface area (Å²) in [6, 6.07) is -0.623. The first-order chi connectivity index (χ1) is 7.70. The van der Waals surface area contributed by atoms with Crippen LogP contribution >= 0.6 is 0 Å². The summed E-state index contributed by atoms with van der Waals surface area (Å²) in [6.45, 7) is 1.63. The van der Waals surface area contributed by atoms with Crippen molar-refractivity contribution in [2.75, 3.05) is 19.8 Å². The molecule has 5 heteroatoms. The highest BCUT2D eigenvalue weighted by molar-refractivity contribution is 5.85. The van der Waals surface area contributed by atoms with E-state index in [1.165, 1.54) is 4.90 Å². The van der Waals surface area contributed by atoms with Gasteiger partial charge in [0.2, 0.25) is 5.91 Å². The Labute approximate surface area is 94.4 Å². The molecule has 2 rings (SSSR count). The maximum Gasteiger partial charge on any atom is 0.326 e. The van der Waals surface area contributed by atoms with Gasteiger partial charge in [-0.3, -0.25) is 4.79 Å². The standard InChI is InChI=1S/C11H17NO4/c13-10(8-4-6-16-7-8)12-5-2-1-3-9(12)11(14)15/h8-9H,1-7H2,(H,14,15). The number of hydrogen-bond donors (Lipinski definition) is 1. The number of ether oxygens (including phenoxy) is 1. The van der Waals surface area contributed by atoms with Gasteiger partial charge in [-0.05, 0) is 25.7 Å². The number of carbonyl (C=O) groups is 2. The lowest BCUT2D eigenvalue weighted by Crippen LogP contribution is -2.50. The van der Waals surface area contributed by atoms with Gasteiger partial charge in [0.15, 0.2) is 0 Å². The van der Waals surface area contributed by atoms with Gasteiger partial charge in [0, 0.05) is 13.2 Å². The Morgan fingerprint density at radius 3 is 2.69 bits per heavy atom. The van der Waals surface area contributed by atoms with E-state index in [0.717, 1.165) is 19.3 Å². The number of likely N-dealkylation sites (tertiary alicyclic amines) is 1. The third-order valence-electron chi connectivity index (χ3n) is 3.35. The molecule has 0 saturated carbocycles. The first-order valence-corrected chi connectivity index (χ1v) is 5.81. The van der Waals surface area contributed by atoms with E-state index < -0.39 is 12.0 Å². The molecule has 0 spiro atoms. The van der Waals surface area contributed by atoms with Gasteiger partial charge in [-0.2, -0.15) is 0 Å². The fourth-order valence-electron chi connectivity index (χ4n) is 2.42. The first kappa shape index (κ1) is 11.4. The summed E-state index contributed by atoms with van der Waals surface area (Å²) in [5.74, 6) is -1.04. The predicted octanol–water partition coefficient (Wildman–Crippen LogP) is 0.489. The lowest BCUT2D eigenvalue weighted by molar-refractivity contribution is -0.153. The van der Waals surface area contributed by atoms with E-state index in [4.69, 9.17) is 9.84 Å². The van der Waals surface area contributed by atoms with Gasteiger partial charge >= 0.3 is 5.97 Å². The van der Waals surface area contributed by atoms with Crippen LogP contribution in [0.2, 0.25) is 0 Å². The molecule has 0 aromatic rings. The van der Waals surface area contributed by atoms with Crippen molar-refractivity contribution in [2.24, 2.45) is 5.92 Å². The molecule has 0 aromatic carbocycles. The number of rotatable bonds is 2. The van der Waals surface area contributed by atoms with Crippen molar-refractivity contribution in [1.29, 1.82) is 0 Å². The molecule has 0 aliphatic carbocycles. The molecule has 2 atom stereocenters. The summed E-state index contributed by atoms with van der Waals surface area (Å²) in [6.07, 6.45) is 3.10. The zero-order chi connectivity index (χ0) is 11.5. The molecule has 2 saturated heterocycles. The van der Waals surface area contributed by atoms with Crippen molar-refractivity contribution < 1.29 is 19.4 Å². The SMILES string of the molecule is O=C(O)C1CCCCN1C(=O)C1CCOC1. The summed E-state index contributed by atoms with van der Waals surface area (Å²) < 4.78 is 5.17. The lowest BCUT2D eigenvalue weighted by Gasteiger charge is -2.34. The number of amides is 1. The molecule has 2 fully saturated rings. The topological polar surface area (TPSA) is 66.8 Å². The Balaban J connectivity index is 2.04. The van der Waals surface area contributed by atoms with Crippen molar-refractivity contribution in [3.8, 4) is 0 Å². The average molecular weight is 227 g/mol. The van der Waals surface area contributed by atoms with Crippen LogP contribution in [0.4, 0.5) is 0 Å². The molecule has 5 nitrogen and oxygen atoms in total. The van der Waals surface area contributed by atoms with Crippen LogP contribution in [-0.2, 0) is 14.3 Å². The Morgan fingerprint density at radius 1 is 1.25 bits per heavy atom. The largest absolute Gasteiger partial charge is 0.480 e. The van der Waals surface area contributed by atoms with Gasteiger partial charge in [0.1, 0.15) is 6.04 Å². The second kappa shape index (κ2) is 4.82. The van der Waals surface area contributed by atoms with E-state index in [9.17, 15) is 9.59 Å². The first-order valence-electron chi connectivity index (χ1n) is 5.81. The minimum Gasteiger partial charge on any atom is -0.480 e. The van der Waals surface area contributed by atoms with Crippen LogP contribution in [-0.4, -0.2) is 47.7 Å². The number of piperidine rings is 1. The Bertz CT molecular complexity index is 286. The lowest BCUT2D eigenvalue weighted by atomic mass is 9.99. The highest BCUT2D eigenvalue weighted by atomic mass is 16.5. The van der Waals surface area contributed by atoms with Crippen LogP contribution in [0.15, 0.2) is 0 Å². The summed E-state index contributed by atoms with van der Waals surface area (Å²) >= 11 is 0. The smallest absolute Gasteiger partial charge is 0.326 e. The van der Waals surface area contributed by atoms with Gasteiger partial charge in [-0.1, -0.05) is 0 Å². The van der Waals surface area contributed by atoms with Gasteiger partial charge in [-0.15, -0.1) is 0 Å². The highest BCUT2D eigenvalue weighted by Gasteiger charge is 2.36. The normalized spacial score (nSPS) is 30.4. The maximum absolute atomic E-state index is 12.1. The minimum atomic E-state index is -0.882. The van der Waals surface area contributed by atoms with Crippen molar-refractivity contribution in [2.45, 2.75) is 31.7 Å². The summed E-state index contributed by atoms with van der Waals surface area (Å²) in [5.41, 5.74) is 0. The fourth-order valence-corrected chi connectivity index (χ4v) is 2.42. The molecule has 1 amide bonds. The number of nitrogens with zero attached hydrogens (tertiary/aromatic N) is 1. The average Bonchev–Trinajstić information content (AvgIpc) is 2.81. The monoisotopic (exact) mass is 227 g/mol. The summed E-state index contributed by atoms with van der Waals surface area (Å²) in [7, 11) is 0. The van der Waals surface area contributed by atoms with Crippen molar-refractivity contribution >= 4 is 11.9 Å². The molecule has 2 unspecified atom stereocenters. The number of carboxylic acid groups (broad SMARTS) is 1. The molecule has 0 bridgehead atoms. The molecular weight excluding hydrogens is 210 g/mol. The van der Waals surface area contributed by atoms with Gasteiger partial charge in [0.25, 0.3) is 0 Å². The van der Waals surface area contributed by atoms with Crippen LogP contribution in [0, 0.1) is 5.92 Å². The molecule has 2 heterocycles. The third kappa shape index (κ3) is 2.19. The van der Waals surface area contributed by atoms with Gasteiger partial charge < -0.3 is 14.7 Å². The minimum absolute atomic E-state index is 0.0374. The molecule has 2 aliphatic heterocycles. The number of carbonyl (C=O) groups excluding carboxylic acids is 1. The second-order valence-corrected chi connectivity index (χ2v) is 4.44. The summed E-state index contributed by atoms with van der Waals surface area (Å²) in [5, 5.41) is 9.08. The molecule has 0 aromatic heterocycles. The molecule has 16 heavy (non-hydrogen) atoms. The molecular formula is C11H17NO4. The number of hydrogen-bond acceptors (Lipinski definition) is 3. The Kier molecular flexibility index (Phi) is 3.43. The summed E-state index contributed by atoms with van der Waals surface area (Å²) in [4.78, 5) is 24.7. The molecule has 0 radical (unpaired) electrons. The van der Waals surface area contributed by atoms with Crippen LogP contribution in [0.5, 0.6) is 0 Å². The van der Waals surface area contributed by atoms with E-state index >= 15 is 0 Å². The van der Waals surface area contributed by atoms with Crippen LogP contribution < -0.4 is 0 Å². The maximum atomic E-state index is 12.1. The van der Waals surface area contributed by atoms with Gasteiger partial charge in [-0.25, -0.2) is 4.79 Å². The fraction of sp³-hybridized carbons (Fsp3) is 0.818. The van der Waals surface area contributed by atoms with Crippen molar-refractivity contribution in [3.05, 3.63) is 0 Å². The third-order valence-corrected chi connectivity index (χ3v) is 3.35. The highest BCUT2D eigenvalue weighted by Crippen LogP contribution is 2.23. The van der Waals surface area contributed by atoms with Crippen LogP contribution in [0.3, 0.4) is 0 Å². The van der Waals surface area contributed by atoms with E-state index in [1.54, 1.807) is 0 Å². The second-order valence-electron chi connectivity index (χ2n) is 4.44. The zero-order valence-corrected chi connectivity index (χ0v) is 9.22. The Hall–Kier alpha value is -1.10. The van der Waals surface area contributed by atoms with Crippen molar-refractivity contribution in [1.82, 2.24) is 4.90 Å². The van der Waals surface area contributed by atoms with E-state index in [-0.39, 0.29) is 11.8 Å². The van der Waals surface area contributed by atoms with Gasteiger partial charge in [0.05, 0.1) is 12.5 Å². The van der Waals surface area contributed by atoms with Crippen LogP contribution in [0.1, 0.15) is 25.7 Å². The molecule has 90 valence electrons. The zero-order valence-electron chi connectivity index (χ0n) is 9.22. The van der Waals surface area contributed by atoms with Crippen LogP contribution in [0.25, 0.3) is 0 Å². The van der Waals surface area contributed by atoms with E-state index in [2.05, 4.69) is 0 Å². The van der Waals surface area contributed by atoms with E-state index in [0.29, 0.717) is 26.2 Å². The van der Waals surface area contributed by atoms with Crippen molar-refractivity contribution in [3.63, 3.8) is 0 Å². The quantitative estimate of drug-likeness (QED) is 0.745. The number of carboxylic acids is 1. The number of aliphatic carboxylic acids is 1.